The second kappa shape index (κ2) is 5.53. The first-order chi connectivity index (χ1) is 9.96. The fourth-order valence-corrected chi connectivity index (χ4v) is 3.20. The van der Waals surface area contributed by atoms with E-state index < -0.39 is 0 Å². The van der Waals surface area contributed by atoms with Gasteiger partial charge >= 0.3 is 0 Å². The van der Waals surface area contributed by atoms with Crippen LogP contribution in [0.3, 0.4) is 0 Å². The molecule has 1 saturated carbocycles. The molecule has 0 amide bonds. The van der Waals surface area contributed by atoms with E-state index in [-0.39, 0.29) is 5.41 Å². The van der Waals surface area contributed by atoms with Crippen molar-refractivity contribution in [3.63, 3.8) is 0 Å². The highest BCUT2D eigenvalue weighted by atomic mass is 16.5. The van der Waals surface area contributed by atoms with E-state index in [2.05, 4.69) is 51.2 Å². The molecule has 3 rings (SSSR count). The number of benzene rings is 1. The fraction of sp³-hybridized carbons (Fsp3) is 0.667. The van der Waals surface area contributed by atoms with E-state index in [1.807, 2.05) is 0 Å². The molecule has 0 bridgehead atoms. The van der Waals surface area contributed by atoms with Crippen LogP contribution in [0.2, 0.25) is 0 Å². The second-order valence-corrected chi connectivity index (χ2v) is 7.39. The van der Waals surface area contributed by atoms with Gasteiger partial charge in [-0.15, -0.1) is 0 Å². The number of nitrogens with one attached hydrogen (secondary N) is 1. The van der Waals surface area contributed by atoms with E-state index in [4.69, 9.17) is 9.47 Å². The summed E-state index contributed by atoms with van der Waals surface area (Å²) in [6.45, 7) is 10.7. The van der Waals surface area contributed by atoms with Crippen molar-refractivity contribution in [3.05, 3.63) is 23.8 Å². The summed E-state index contributed by atoms with van der Waals surface area (Å²) in [5.41, 5.74) is 2.72. The van der Waals surface area contributed by atoms with Crippen molar-refractivity contribution < 1.29 is 9.47 Å². The molecule has 2 unspecified atom stereocenters. The molecule has 1 N–H and O–H groups in total. The maximum Gasteiger partial charge on any atom is 0.122 e. The van der Waals surface area contributed by atoms with Gasteiger partial charge in [0.15, 0.2) is 0 Å². The van der Waals surface area contributed by atoms with Gasteiger partial charge in [0.25, 0.3) is 0 Å². The van der Waals surface area contributed by atoms with E-state index in [1.165, 1.54) is 11.3 Å². The van der Waals surface area contributed by atoms with Crippen LogP contribution in [-0.2, 0) is 11.2 Å². The zero-order chi connectivity index (χ0) is 15.0. The van der Waals surface area contributed by atoms with E-state index in [0.717, 1.165) is 31.8 Å². The predicted octanol–water partition coefficient (Wildman–Crippen LogP) is 3.87. The molecule has 2 atom stereocenters. The Balaban J connectivity index is 1.59. The number of fused-ring (bicyclic) bond motifs is 1. The molecule has 3 heteroatoms. The molecule has 1 aromatic rings. The minimum atomic E-state index is 0.185. The summed E-state index contributed by atoms with van der Waals surface area (Å²) in [6.07, 6.45) is 2.49. The van der Waals surface area contributed by atoms with Crippen molar-refractivity contribution in [1.29, 1.82) is 0 Å². The number of hydrogen-bond donors (Lipinski definition) is 1. The highest BCUT2D eigenvalue weighted by molar-refractivity contribution is 5.53. The summed E-state index contributed by atoms with van der Waals surface area (Å²) in [5.74, 6) is 1.65. The number of rotatable bonds is 5. The minimum Gasteiger partial charge on any atom is -0.493 e. The van der Waals surface area contributed by atoms with E-state index in [9.17, 15) is 0 Å². The molecule has 2 aliphatic rings. The van der Waals surface area contributed by atoms with Gasteiger partial charge in [0, 0.05) is 30.2 Å². The Labute approximate surface area is 128 Å². The topological polar surface area (TPSA) is 30.5 Å². The van der Waals surface area contributed by atoms with Crippen molar-refractivity contribution in [2.24, 2.45) is 11.3 Å². The number of hydrogen-bond acceptors (Lipinski definition) is 3. The Morgan fingerprint density at radius 1 is 1.38 bits per heavy atom. The molecule has 0 aromatic heterocycles. The molecule has 1 aromatic carbocycles. The predicted molar refractivity (Wildman–Crippen MR) is 86.0 cm³/mol. The number of ether oxygens (including phenoxy) is 2. The Hall–Kier alpha value is -1.22. The molecule has 1 aliphatic carbocycles. The summed E-state index contributed by atoms with van der Waals surface area (Å²) >= 11 is 0. The van der Waals surface area contributed by atoms with Crippen LogP contribution in [0.25, 0.3) is 0 Å². The van der Waals surface area contributed by atoms with Gasteiger partial charge in [0.05, 0.1) is 12.7 Å². The molecule has 0 spiro atoms. The monoisotopic (exact) mass is 289 g/mol. The molecular formula is C18H27NO2. The third-order valence-corrected chi connectivity index (χ3v) is 4.84. The van der Waals surface area contributed by atoms with Crippen LogP contribution >= 0.6 is 0 Å². The lowest BCUT2D eigenvalue weighted by Crippen LogP contribution is -2.58. The Bertz CT molecular complexity index is 510. The molecule has 21 heavy (non-hydrogen) atoms. The van der Waals surface area contributed by atoms with Gasteiger partial charge in [-0.25, -0.2) is 0 Å². The first kappa shape index (κ1) is 14.7. The highest BCUT2D eigenvalue weighted by Crippen LogP contribution is 2.44. The smallest absolute Gasteiger partial charge is 0.122 e. The van der Waals surface area contributed by atoms with Gasteiger partial charge < -0.3 is 14.8 Å². The standard InChI is InChI=1S/C18H27NO2/c1-12(2)11-21-17-10-16(18(17,3)4)19-14-5-6-15-13(9-14)7-8-20-15/h5-6,9,12,16-17,19H,7-8,10-11H2,1-4H3. The van der Waals surface area contributed by atoms with Crippen molar-refractivity contribution >= 4 is 5.69 Å². The lowest BCUT2D eigenvalue weighted by atomic mass is 9.64. The van der Waals surface area contributed by atoms with Gasteiger partial charge in [0.1, 0.15) is 5.75 Å². The Kier molecular flexibility index (Phi) is 3.87. The normalized spacial score (nSPS) is 26.1. The van der Waals surface area contributed by atoms with Crippen LogP contribution < -0.4 is 10.1 Å². The van der Waals surface area contributed by atoms with Gasteiger partial charge in [-0.2, -0.15) is 0 Å². The maximum atomic E-state index is 6.04. The van der Waals surface area contributed by atoms with Crippen molar-refractivity contribution in [3.8, 4) is 5.75 Å². The summed E-state index contributed by atoms with van der Waals surface area (Å²) in [5, 5.41) is 3.68. The first-order valence-electron chi connectivity index (χ1n) is 8.10. The van der Waals surface area contributed by atoms with Crippen LogP contribution in [-0.4, -0.2) is 25.4 Å². The van der Waals surface area contributed by atoms with Crippen LogP contribution in [0.1, 0.15) is 39.7 Å². The molecule has 1 aliphatic heterocycles. The maximum absolute atomic E-state index is 6.04. The molecule has 1 fully saturated rings. The van der Waals surface area contributed by atoms with Crippen LogP contribution in [0.4, 0.5) is 5.69 Å². The molecule has 0 saturated heterocycles. The van der Waals surface area contributed by atoms with Gasteiger partial charge in [-0.05, 0) is 36.1 Å². The second-order valence-electron chi connectivity index (χ2n) is 7.39. The Morgan fingerprint density at radius 2 is 2.19 bits per heavy atom. The zero-order valence-corrected chi connectivity index (χ0v) is 13.6. The largest absolute Gasteiger partial charge is 0.493 e. The highest BCUT2D eigenvalue weighted by Gasteiger charge is 2.49. The van der Waals surface area contributed by atoms with Crippen molar-refractivity contribution in [1.82, 2.24) is 0 Å². The quantitative estimate of drug-likeness (QED) is 0.892. The van der Waals surface area contributed by atoms with Crippen LogP contribution in [0.15, 0.2) is 18.2 Å². The van der Waals surface area contributed by atoms with E-state index >= 15 is 0 Å². The molecular weight excluding hydrogens is 262 g/mol. The summed E-state index contributed by atoms with van der Waals surface area (Å²) in [7, 11) is 0. The SMILES string of the molecule is CC(C)COC1CC(Nc2ccc3c(c2)CCO3)C1(C)C. The van der Waals surface area contributed by atoms with E-state index in [0.29, 0.717) is 18.1 Å². The lowest BCUT2D eigenvalue weighted by molar-refractivity contribution is -0.108. The van der Waals surface area contributed by atoms with Crippen molar-refractivity contribution in [2.75, 3.05) is 18.5 Å². The minimum absolute atomic E-state index is 0.185. The summed E-state index contributed by atoms with van der Waals surface area (Å²) in [6, 6.07) is 6.93. The van der Waals surface area contributed by atoms with Gasteiger partial charge in [0.2, 0.25) is 0 Å². The van der Waals surface area contributed by atoms with Crippen LogP contribution in [0.5, 0.6) is 5.75 Å². The average Bonchev–Trinajstić information content (AvgIpc) is 2.89. The molecule has 1 heterocycles. The van der Waals surface area contributed by atoms with Crippen molar-refractivity contribution in [2.45, 2.75) is 52.7 Å². The first-order valence-corrected chi connectivity index (χ1v) is 8.10. The molecule has 3 nitrogen and oxygen atoms in total. The van der Waals surface area contributed by atoms with E-state index in [1.54, 1.807) is 0 Å². The Morgan fingerprint density at radius 3 is 2.90 bits per heavy atom. The summed E-state index contributed by atoms with van der Waals surface area (Å²) < 4.78 is 11.6. The van der Waals surface area contributed by atoms with Gasteiger partial charge in [-0.1, -0.05) is 27.7 Å². The van der Waals surface area contributed by atoms with Crippen LogP contribution in [0, 0.1) is 11.3 Å². The average molecular weight is 289 g/mol. The number of anilines is 1. The fourth-order valence-electron chi connectivity index (χ4n) is 3.20. The third-order valence-electron chi connectivity index (χ3n) is 4.84. The zero-order valence-electron chi connectivity index (χ0n) is 13.6. The molecule has 0 radical (unpaired) electrons. The summed E-state index contributed by atoms with van der Waals surface area (Å²) in [4.78, 5) is 0. The van der Waals surface area contributed by atoms with Gasteiger partial charge in [-0.3, -0.25) is 0 Å². The molecule has 116 valence electrons. The third kappa shape index (κ3) is 2.89. The lowest BCUT2D eigenvalue weighted by Gasteiger charge is -2.52.